The Morgan fingerprint density at radius 1 is 1.14 bits per heavy atom. The van der Waals surface area contributed by atoms with Crippen LogP contribution in [0.25, 0.3) is 0 Å². The molecule has 1 aliphatic carbocycles. The Kier molecular flexibility index (Phi) is 5.04. The number of carbonyl (C=O) groups excluding carboxylic acids is 1. The highest BCUT2D eigenvalue weighted by atomic mass is 16.5. The number of hydrogen-bond donors (Lipinski definition) is 1. The van der Waals surface area contributed by atoms with E-state index >= 15 is 0 Å². The maximum atomic E-state index is 13.4. The highest BCUT2D eigenvalue weighted by Gasteiger charge is 2.50. The van der Waals surface area contributed by atoms with E-state index in [-0.39, 0.29) is 12.0 Å². The molecule has 6 heteroatoms. The van der Waals surface area contributed by atoms with Crippen molar-refractivity contribution < 1.29 is 9.53 Å². The largest absolute Gasteiger partial charge is 0.497 e. The number of amides is 1. The predicted octanol–water partition coefficient (Wildman–Crippen LogP) is 3.24. The highest BCUT2D eigenvalue weighted by molar-refractivity contribution is 5.80. The molecule has 2 saturated heterocycles. The van der Waals surface area contributed by atoms with Gasteiger partial charge in [0.15, 0.2) is 0 Å². The number of aromatic amines is 1. The number of benzene rings is 1. The topological polar surface area (TPSA) is 61.5 Å². The molecule has 0 radical (unpaired) electrons. The summed E-state index contributed by atoms with van der Waals surface area (Å²) in [6.07, 6.45) is 6.33. The fraction of sp³-hybridized carbons (Fsp3) is 0.565. The minimum Gasteiger partial charge on any atom is -0.497 e. The number of methoxy groups -OCH3 is 1. The molecule has 3 aliphatic rings. The van der Waals surface area contributed by atoms with Gasteiger partial charge in [0, 0.05) is 49.9 Å². The van der Waals surface area contributed by atoms with Gasteiger partial charge < -0.3 is 9.64 Å². The van der Waals surface area contributed by atoms with Crippen LogP contribution in [0, 0.1) is 17.8 Å². The zero-order valence-electron chi connectivity index (χ0n) is 17.1. The number of rotatable bonds is 5. The Morgan fingerprint density at radius 3 is 2.62 bits per heavy atom. The molecule has 5 rings (SSSR count). The third kappa shape index (κ3) is 3.54. The van der Waals surface area contributed by atoms with Crippen molar-refractivity contribution >= 4 is 5.91 Å². The maximum Gasteiger partial charge on any atom is 0.226 e. The van der Waals surface area contributed by atoms with Gasteiger partial charge >= 0.3 is 0 Å². The number of likely N-dealkylation sites (tertiary alicyclic amines) is 2. The fourth-order valence-electron chi connectivity index (χ4n) is 5.74. The van der Waals surface area contributed by atoms with Crippen molar-refractivity contribution in [3.8, 4) is 5.75 Å². The minimum absolute atomic E-state index is 0.172. The van der Waals surface area contributed by atoms with Gasteiger partial charge in [-0.15, -0.1) is 0 Å². The molecule has 6 nitrogen and oxygen atoms in total. The van der Waals surface area contributed by atoms with Gasteiger partial charge in [0.1, 0.15) is 5.75 Å². The van der Waals surface area contributed by atoms with Crippen molar-refractivity contribution in [1.82, 2.24) is 20.0 Å². The summed E-state index contributed by atoms with van der Waals surface area (Å²) in [5, 5.41) is 7.16. The van der Waals surface area contributed by atoms with E-state index in [1.807, 2.05) is 24.4 Å². The number of fused-ring (bicyclic) bond motifs is 1. The monoisotopic (exact) mass is 394 g/mol. The Morgan fingerprint density at radius 2 is 1.93 bits per heavy atom. The predicted molar refractivity (Wildman–Crippen MR) is 110 cm³/mol. The smallest absolute Gasteiger partial charge is 0.226 e. The van der Waals surface area contributed by atoms with Crippen LogP contribution in [0.3, 0.4) is 0 Å². The summed E-state index contributed by atoms with van der Waals surface area (Å²) in [4.78, 5) is 18.1. The molecule has 2 aliphatic heterocycles. The van der Waals surface area contributed by atoms with Crippen molar-refractivity contribution in [2.45, 2.75) is 38.3 Å². The first-order valence-electron chi connectivity index (χ1n) is 10.9. The van der Waals surface area contributed by atoms with Crippen LogP contribution in [0.15, 0.2) is 36.5 Å². The van der Waals surface area contributed by atoms with Crippen molar-refractivity contribution in [3.63, 3.8) is 0 Å². The SMILES string of the molecule is COc1ccc([C@H]2[C@H]3CN(Cc4ccn[nH]4)C[C@H]3CN2C(=O)C2CCCC2)cc1. The van der Waals surface area contributed by atoms with Crippen molar-refractivity contribution in [2.75, 3.05) is 26.7 Å². The van der Waals surface area contributed by atoms with E-state index in [9.17, 15) is 4.79 Å². The van der Waals surface area contributed by atoms with Gasteiger partial charge in [-0.3, -0.25) is 14.8 Å². The Bertz CT molecular complexity index is 829. The molecule has 0 unspecified atom stereocenters. The Hall–Kier alpha value is -2.34. The molecule has 3 atom stereocenters. The number of aromatic nitrogens is 2. The molecule has 1 aromatic heterocycles. The minimum atomic E-state index is 0.172. The number of nitrogens with zero attached hydrogens (tertiary/aromatic N) is 3. The second-order valence-electron chi connectivity index (χ2n) is 8.89. The third-order valence-corrected chi connectivity index (χ3v) is 7.14. The number of ether oxygens (including phenoxy) is 1. The third-order valence-electron chi connectivity index (χ3n) is 7.14. The lowest BCUT2D eigenvalue weighted by Crippen LogP contribution is -2.38. The molecule has 3 fully saturated rings. The molecule has 0 bridgehead atoms. The molecule has 0 spiro atoms. The number of hydrogen-bond acceptors (Lipinski definition) is 4. The number of nitrogens with one attached hydrogen (secondary N) is 1. The zero-order valence-corrected chi connectivity index (χ0v) is 17.1. The van der Waals surface area contributed by atoms with Crippen LogP contribution in [-0.4, -0.2) is 52.6 Å². The van der Waals surface area contributed by atoms with Gasteiger partial charge in [0.25, 0.3) is 0 Å². The van der Waals surface area contributed by atoms with Gasteiger partial charge in [0.2, 0.25) is 5.91 Å². The summed E-state index contributed by atoms with van der Waals surface area (Å²) >= 11 is 0. The summed E-state index contributed by atoms with van der Waals surface area (Å²) in [5.41, 5.74) is 2.40. The van der Waals surface area contributed by atoms with Crippen LogP contribution in [0.5, 0.6) is 5.75 Å². The second kappa shape index (κ2) is 7.82. The molecule has 29 heavy (non-hydrogen) atoms. The van der Waals surface area contributed by atoms with Crippen molar-refractivity contribution in [2.24, 2.45) is 17.8 Å². The zero-order chi connectivity index (χ0) is 19.8. The molecule has 1 saturated carbocycles. The van der Waals surface area contributed by atoms with Crippen molar-refractivity contribution in [3.05, 3.63) is 47.8 Å². The summed E-state index contributed by atoms with van der Waals surface area (Å²) in [5.74, 6) is 2.50. The summed E-state index contributed by atoms with van der Waals surface area (Å²) < 4.78 is 5.35. The summed E-state index contributed by atoms with van der Waals surface area (Å²) in [7, 11) is 1.70. The molecule has 3 heterocycles. The number of carbonyl (C=O) groups is 1. The average Bonchev–Trinajstić information content (AvgIpc) is 3.52. The molecule has 1 aromatic carbocycles. The van der Waals surface area contributed by atoms with E-state index in [0.29, 0.717) is 17.7 Å². The van der Waals surface area contributed by atoms with E-state index in [0.717, 1.165) is 50.5 Å². The van der Waals surface area contributed by atoms with Gasteiger partial charge in [-0.25, -0.2) is 0 Å². The molecule has 1 amide bonds. The van der Waals surface area contributed by atoms with E-state index in [2.05, 4.69) is 32.1 Å². The van der Waals surface area contributed by atoms with Gasteiger partial charge in [-0.2, -0.15) is 5.10 Å². The molecule has 2 aromatic rings. The maximum absolute atomic E-state index is 13.4. The van der Waals surface area contributed by atoms with E-state index in [1.165, 1.54) is 18.4 Å². The number of H-pyrrole nitrogens is 1. The van der Waals surface area contributed by atoms with Gasteiger partial charge in [0.05, 0.1) is 13.2 Å². The molecular weight excluding hydrogens is 364 g/mol. The van der Waals surface area contributed by atoms with Crippen LogP contribution in [0.2, 0.25) is 0 Å². The van der Waals surface area contributed by atoms with Crippen molar-refractivity contribution in [1.29, 1.82) is 0 Å². The van der Waals surface area contributed by atoms with Gasteiger partial charge in [-0.05, 0) is 42.5 Å². The second-order valence-corrected chi connectivity index (χ2v) is 8.89. The lowest BCUT2D eigenvalue weighted by atomic mass is 9.89. The first kappa shape index (κ1) is 18.7. The average molecular weight is 395 g/mol. The van der Waals surface area contributed by atoms with E-state index in [4.69, 9.17) is 4.74 Å². The fourth-order valence-corrected chi connectivity index (χ4v) is 5.74. The molecule has 154 valence electrons. The lowest BCUT2D eigenvalue weighted by molar-refractivity contribution is -0.137. The summed E-state index contributed by atoms with van der Waals surface area (Å²) in [6.45, 7) is 3.86. The van der Waals surface area contributed by atoms with E-state index in [1.54, 1.807) is 7.11 Å². The van der Waals surface area contributed by atoms with Gasteiger partial charge in [-0.1, -0.05) is 25.0 Å². The van der Waals surface area contributed by atoms with Crippen LogP contribution in [0.4, 0.5) is 0 Å². The molecular formula is C23H30N4O2. The normalized spacial score (nSPS) is 27.5. The molecule has 1 N–H and O–H groups in total. The highest BCUT2D eigenvalue weighted by Crippen LogP contribution is 2.46. The first-order chi connectivity index (χ1) is 14.2. The van der Waals surface area contributed by atoms with Crippen LogP contribution < -0.4 is 4.74 Å². The van der Waals surface area contributed by atoms with E-state index < -0.39 is 0 Å². The van der Waals surface area contributed by atoms with Crippen LogP contribution in [-0.2, 0) is 11.3 Å². The first-order valence-corrected chi connectivity index (χ1v) is 10.9. The Labute approximate surface area is 172 Å². The van der Waals surface area contributed by atoms with Crippen LogP contribution in [0.1, 0.15) is 43.0 Å². The summed E-state index contributed by atoms with van der Waals surface area (Å²) in [6, 6.07) is 10.6. The quantitative estimate of drug-likeness (QED) is 0.846. The Balaban J connectivity index is 1.39. The standard InChI is InChI=1S/C23H30N4O2/c1-29-20-8-6-16(7-9-20)22-21-15-26(14-19-10-11-24-25-19)12-18(21)13-27(22)23(28)17-4-2-3-5-17/h6-11,17-18,21-22H,2-5,12-15H2,1H3,(H,24,25)/t18-,21-,22-/m0/s1. The lowest BCUT2D eigenvalue weighted by Gasteiger charge is -2.32. The van der Waals surface area contributed by atoms with Crippen LogP contribution >= 0.6 is 0 Å².